The minimum atomic E-state index is 0.236. The average Bonchev–Trinajstić information content (AvgIpc) is 2.30. The number of nitrogens with zero attached hydrogens (tertiary/aromatic N) is 1. The van der Waals surface area contributed by atoms with Crippen LogP contribution in [0.3, 0.4) is 0 Å². The molecule has 1 aliphatic rings. The molecule has 1 saturated carbocycles. The zero-order chi connectivity index (χ0) is 14.5. The molecule has 0 aromatic rings. The second-order valence-corrected chi connectivity index (χ2v) is 8.02. The van der Waals surface area contributed by atoms with Crippen LogP contribution >= 0.6 is 0 Å². The summed E-state index contributed by atoms with van der Waals surface area (Å²) in [4.78, 5) is 2.54. The molecule has 0 bridgehead atoms. The Morgan fingerprint density at radius 2 is 1.79 bits per heavy atom. The first-order chi connectivity index (χ1) is 8.76. The Balaban J connectivity index is 2.62. The van der Waals surface area contributed by atoms with Crippen LogP contribution in [0.15, 0.2) is 0 Å². The molecular formula is C17H36N2. The zero-order valence-corrected chi connectivity index (χ0v) is 14.2. The molecule has 0 heterocycles. The quantitative estimate of drug-likeness (QED) is 0.785. The van der Waals surface area contributed by atoms with Crippen LogP contribution < -0.4 is 5.32 Å². The molecule has 2 nitrogen and oxygen atoms in total. The normalized spacial score (nSPS) is 28.9. The van der Waals surface area contributed by atoms with Gasteiger partial charge in [-0.15, -0.1) is 0 Å². The molecule has 1 aliphatic carbocycles. The number of nitrogens with one attached hydrogen (secondary N) is 1. The van der Waals surface area contributed by atoms with Gasteiger partial charge in [0.05, 0.1) is 0 Å². The first kappa shape index (κ1) is 17.0. The fourth-order valence-electron chi connectivity index (χ4n) is 3.25. The van der Waals surface area contributed by atoms with Gasteiger partial charge in [0, 0.05) is 18.6 Å². The number of hydrogen-bond acceptors (Lipinski definition) is 2. The van der Waals surface area contributed by atoms with Crippen LogP contribution in [-0.2, 0) is 0 Å². The summed E-state index contributed by atoms with van der Waals surface area (Å²) in [7, 11) is 2.29. The van der Waals surface area contributed by atoms with Gasteiger partial charge in [-0.25, -0.2) is 0 Å². The van der Waals surface area contributed by atoms with Gasteiger partial charge in [-0.1, -0.05) is 26.7 Å². The molecule has 0 aromatic carbocycles. The van der Waals surface area contributed by atoms with Crippen molar-refractivity contribution in [1.29, 1.82) is 0 Å². The summed E-state index contributed by atoms with van der Waals surface area (Å²) in [5.74, 6) is 0.930. The average molecular weight is 268 g/mol. The summed E-state index contributed by atoms with van der Waals surface area (Å²) >= 11 is 0. The Kier molecular flexibility index (Phi) is 6.32. The largest absolute Gasteiger partial charge is 0.311 e. The van der Waals surface area contributed by atoms with Crippen LogP contribution in [-0.4, -0.2) is 37.1 Å². The van der Waals surface area contributed by atoms with Gasteiger partial charge in [0.1, 0.15) is 0 Å². The maximum absolute atomic E-state index is 3.77. The molecule has 0 radical (unpaired) electrons. The van der Waals surface area contributed by atoms with Crippen molar-refractivity contribution in [2.24, 2.45) is 11.3 Å². The van der Waals surface area contributed by atoms with E-state index in [0.717, 1.165) is 5.92 Å². The maximum Gasteiger partial charge on any atom is 0.00967 e. The van der Waals surface area contributed by atoms with Gasteiger partial charge < -0.3 is 10.2 Å². The van der Waals surface area contributed by atoms with Crippen molar-refractivity contribution in [1.82, 2.24) is 10.2 Å². The lowest BCUT2D eigenvalue weighted by atomic mass is 9.70. The van der Waals surface area contributed by atoms with Crippen molar-refractivity contribution < 1.29 is 0 Å². The molecule has 1 rings (SSSR count). The van der Waals surface area contributed by atoms with E-state index in [1.807, 2.05) is 0 Å². The van der Waals surface area contributed by atoms with E-state index in [1.165, 1.54) is 51.7 Å². The van der Waals surface area contributed by atoms with Crippen LogP contribution in [0, 0.1) is 11.3 Å². The maximum atomic E-state index is 3.77. The smallest absolute Gasteiger partial charge is 0.00967 e. The summed E-state index contributed by atoms with van der Waals surface area (Å²) in [6.07, 6.45) is 6.86. The second-order valence-electron chi connectivity index (χ2n) is 8.02. The molecule has 1 N–H and O–H groups in total. The van der Waals surface area contributed by atoms with Crippen LogP contribution in [0.4, 0.5) is 0 Å². The van der Waals surface area contributed by atoms with Crippen molar-refractivity contribution >= 4 is 0 Å². The van der Waals surface area contributed by atoms with Crippen molar-refractivity contribution in [2.45, 2.75) is 72.3 Å². The molecule has 0 unspecified atom stereocenters. The van der Waals surface area contributed by atoms with Crippen molar-refractivity contribution in [3.8, 4) is 0 Å². The van der Waals surface area contributed by atoms with Gasteiger partial charge in [0.15, 0.2) is 0 Å². The Morgan fingerprint density at radius 1 is 1.21 bits per heavy atom. The molecule has 0 saturated heterocycles. The SMILES string of the molecule is CCCN(C)CC1(CNC(C)(C)C)CCC(C)CC1. The standard InChI is InChI=1S/C17H36N2/c1-7-12-19(6)14-17(13-18-16(3,4)5)10-8-15(2)9-11-17/h15,18H,7-14H2,1-6H3. The monoisotopic (exact) mass is 268 g/mol. The molecule has 19 heavy (non-hydrogen) atoms. The molecule has 1 fully saturated rings. The van der Waals surface area contributed by atoms with Gasteiger partial charge in [0.25, 0.3) is 0 Å². The van der Waals surface area contributed by atoms with Gasteiger partial charge in [-0.05, 0) is 65.0 Å². The van der Waals surface area contributed by atoms with Gasteiger partial charge >= 0.3 is 0 Å². The fraction of sp³-hybridized carbons (Fsp3) is 1.00. The van der Waals surface area contributed by atoms with Crippen molar-refractivity contribution in [2.75, 3.05) is 26.7 Å². The summed E-state index contributed by atoms with van der Waals surface area (Å²) in [6.45, 7) is 15.2. The van der Waals surface area contributed by atoms with Gasteiger partial charge in [0.2, 0.25) is 0 Å². The fourth-order valence-corrected chi connectivity index (χ4v) is 3.25. The molecule has 0 aliphatic heterocycles. The van der Waals surface area contributed by atoms with E-state index < -0.39 is 0 Å². The van der Waals surface area contributed by atoms with Crippen LogP contribution in [0.25, 0.3) is 0 Å². The molecule has 114 valence electrons. The first-order valence-corrected chi connectivity index (χ1v) is 8.20. The van der Waals surface area contributed by atoms with E-state index in [1.54, 1.807) is 0 Å². The topological polar surface area (TPSA) is 15.3 Å². The molecule has 2 heteroatoms. The van der Waals surface area contributed by atoms with Gasteiger partial charge in [-0.2, -0.15) is 0 Å². The lowest BCUT2D eigenvalue weighted by Crippen LogP contribution is -2.49. The predicted molar refractivity (Wildman–Crippen MR) is 85.6 cm³/mol. The van der Waals surface area contributed by atoms with Crippen LogP contribution in [0.5, 0.6) is 0 Å². The van der Waals surface area contributed by atoms with Gasteiger partial charge in [-0.3, -0.25) is 0 Å². The van der Waals surface area contributed by atoms with E-state index in [4.69, 9.17) is 0 Å². The van der Waals surface area contributed by atoms with E-state index in [0.29, 0.717) is 5.41 Å². The summed E-state index contributed by atoms with van der Waals surface area (Å²) in [5.41, 5.74) is 0.739. The zero-order valence-electron chi connectivity index (χ0n) is 14.2. The third kappa shape index (κ3) is 6.27. The molecule has 0 atom stereocenters. The minimum absolute atomic E-state index is 0.236. The molecular weight excluding hydrogens is 232 g/mol. The Bertz CT molecular complexity index is 246. The Hall–Kier alpha value is -0.0800. The van der Waals surface area contributed by atoms with Crippen molar-refractivity contribution in [3.05, 3.63) is 0 Å². The highest BCUT2D eigenvalue weighted by Crippen LogP contribution is 2.39. The highest BCUT2D eigenvalue weighted by Gasteiger charge is 2.35. The van der Waals surface area contributed by atoms with E-state index >= 15 is 0 Å². The Labute approximate surface area is 121 Å². The highest BCUT2D eigenvalue weighted by atomic mass is 15.1. The van der Waals surface area contributed by atoms with Crippen LogP contribution in [0.1, 0.15) is 66.7 Å². The predicted octanol–water partition coefficient (Wildman–Crippen LogP) is 3.91. The molecule has 0 spiro atoms. The second kappa shape index (κ2) is 7.08. The molecule has 0 aromatic heterocycles. The minimum Gasteiger partial charge on any atom is -0.311 e. The van der Waals surface area contributed by atoms with Crippen molar-refractivity contribution in [3.63, 3.8) is 0 Å². The third-order valence-corrected chi connectivity index (χ3v) is 4.54. The van der Waals surface area contributed by atoms with Crippen LogP contribution in [0.2, 0.25) is 0 Å². The lowest BCUT2D eigenvalue weighted by molar-refractivity contribution is 0.0915. The van der Waals surface area contributed by atoms with E-state index in [2.05, 4.69) is 51.9 Å². The van der Waals surface area contributed by atoms with E-state index in [-0.39, 0.29) is 5.54 Å². The van der Waals surface area contributed by atoms with E-state index in [9.17, 15) is 0 Å². The summed E-state index contributed by atoms with van der Waals surface area (Å²) in [5, 5.41) is 3.77. The first-order valence-electron chi connectivity index (χ1n) is 8.20. The Morgan fingerprint density at radius 3 is 2.26 bits per heavy atom. The summed E-state index contributed by atoms with van der Waals surface area (Å²) in [6, 6.07) is 0. The highest BCUT2D eigenvalue weighted by molar-refractivity contribution is 4.90. The lowest BCUT2D eigenvalue weighted by Gasteiger charge is -2.43. The third-order valence-electron chi connectivity index (χ3n) is 4.54. The summed E-state index contributed by atoms with van der Waals surface area (Å²) < 4.78 is 0. The molecule has 0 amide bonds. The number of rotatable bonds is 6. The number of hydrogen-bond donors (Lipinski definition) is 1.